The van der Waals surface area contributed by atoms with Gasteiger partial charge < -0.3 is 14.5 Å². The third kappa shape index (κ3) is 4.04. The molecular weight excluding hydrogens is 460 g/mol. The summed E-state index contributed by atoms with van der Waals surface area (Å²) in [6.07, 6.45) is -0.364. The molecule has 0 atom stereocenters. The molecule has 0 bridgehead atoms. The molecule has 0 N–H and O–H groups in total. The van der Waals surface area contributed by atoms with Gasteiger partial charge in [-0.05, 0) is 57.2 Å². The van der Waals surface area contributed by atoms with Gasteiger partial charge in [-0.1, -0.05) is 0 Å². The first-order chi connectivity index (χ1) is 16.1. The van der Waals surface area contributed by atoms with E-state index in [1.54, 1.807) is 17.0 Å². The van der Waals surface area contributed by atoms with Gasteiger partial charge in [0.1, 0.15) is 23.1 Å². The van der Waals surface area contributed by atoms with Crippen LogP contribution >= 0.6 is 11.3 Å². The molecule has 9 heteroatoms. The molecule has 1 aliphatic rings. The molecule has 0 saturated carbocycles. The normalized spacial score (nSPS) is 14.9. The van der Waals surface area contributed by atoms with Crippen molar-refractivity contribution in [3.05, 3.63) is 58.3 Å². The molecule has 5 rings (SSSR count). The molecule has 2 aromatic heterocycles. The number of pyridine rings is 1. The highest BCUT2D eigenvalue weighted by Crippen LogP contribution is 2.36. The van der Waals surface area contributed by atoms with E-state index in [4.69, 9.17) is 9.72 Å². The highest BCUT2D eigenvalue weighted by atomic mass is 32.1. The van der Waals surface area contributed by atoms with Gasteiger partial charge in [0.25, 0.3) is 0 Å². The fourth-order valence-corrected chi connectivity index (χ4v) is 5.37. The Morgan fingerprint density at radius 2 is 1.65 bits per heavy atom. The van der Waals surface area contributed by atoms with E-state index in [0.29, 0.717) is 57.7 Å². The fraction of sp³-hybridized carbons (Fsp3) is 0.320. The number of anilines is 1. The second-order valence-corrected chi connectivity index (χ2v) is 10.4. The highest BCUT2D eigenvalue weighted by molar-refractivity contribution is 7.25. The molecule has 1 fully saturated rings. The van der Waals surface area contributed by atoms with E-state index in [2.05, 4.69) is 0 Å². The Morgan fingerprint density at radius 1 is 1.00 bits per heavy atom. The van der Waals surface area contributed by atoms with Crippen LogP contribution < -0.4 is 10.3 Å². The number of halogens is 2. The molecular formula is C25H23F2N3O3S. The number of carbonyl (C=O) groups excluding carboxylic acids is 1. The van der Waals surface area contributed by atoms with Gasteiger partial charge in [0, 0.05) is 41.7 Å². The van der Waals surface area contributed by atoms with Crippen molar-refractivity contribution in [1.82, 2.24) is 9.88 Å². The molecule has 4 aromatic rings. The molecule has 1 saturated heterocycles. The van der Waals surface area contributed by atoms with Crippen LogP contribution in [0.15, 0.2) is 41.2 Å². The summed E-state index contributed by atoms with van der Waals surface area (Å²) in [5.41, 5.74) is -0.444. The number of ether oxygens (including phenoxy) is 1. The van der Waals surface area contributed by atoms with E-state index in [-0.39, 0.29) is 16.9 Å². The Labute approximate surface area is 198 Å². The Morgan fingerprint density at radius 3 is 2.32 bits per heavy atom. The molecule has 2 aromatic carbocycles. The number of aromatic nitrogens is 1. The quantitative estimate of drug-likeness (QED) is 0.272. The van der Waals surface area contributed by atoms with E-state index in [0.717, 1.165) is 0 Å². The van der Waals surface area contributed by atoms with Crippen molar-refractivity contribution in [3.8, 4) is 0 Å². The first-order valence-electron chi connectivity index (χ1n) is 11.0. The number of piperazine rings is 1. The zero-order chi connectivity index (χ0) is 24.2. The Hall–Kier alpha value is -3.33. The van der Waals surface area contributed by atoms with Crippen molar-refractivity contribution in [2.75, 3.05) is 31.1 Å². The third-order valence-electron chi connectivity index (χ3n) is 5.74. The van der Waals surface area contributed by atoms with Crippen LogP contribution in [0.1, 0.15) is 20.8 Å². The van der Waals surface area contributed by atoms with E-state index in [1.165, 1.54) is 35.6 Å². The SMILES string of the molecule is CC(C)(C)OC(=O)N1CCN(c2nc3ccc(F)cc3c3c(=O)c4cc(F)ccc4sc23)CC1. The number of carbonyl (C=O) groups is 1. The third-order valence-corrected chi connectivity index (χ3v) is 6.91. The Bertz CT molecular complexity index is 1510. The van der Waals surface area contributed by atoms with Crippen molar-refractivity contribution in [2.45, 2.75) is 26.4 Å². The number of fused-ring (bicyclic) bond motifs is 4. The molecule has 176 valence electrons. The lowest BCUT2D eigenvalue weighted by Crippen LogP contribution is -2.50. The Balaban J connectivity index is 1.62. The number of nitrogens with zero attached hydrogens (tertiary/aromatic N) is 3. The summed E-state index contributed by atoms with van der Waals surface area (Å²) in [6.45, 7) is 7.35. The summed E-state index contributed by atoms with van der Waals surface area (Å²) in [4.78, 5) is 34.4. The van der Waals surface area contributed by atoms with Gasteiger partial charge in [-0.2, -0.15) is 0 Å². The zero-order valence-electron chi connectivity index (χ0n) is 19.0. The van der Waals surface area contributed by atoms with E-state index in [9.17, 15) is 18.4 Å². The second-order valence-electron chi connectivity index (χ2n) is 9.33. The van der Waals surface area contributed by atoms with Gasteiger partial charge in [0.2, 0.25) is 0 Å². The van der Waals surface area contributed by atoms with Gasteiger partial charge in [-0.15, -0.1) is 11.3 Å². The topological polar surface area (TPSA) is 62.7 Å². The van der Waals surface area contributed by atoms with Crippen LogP contribution in [0, 0.1) is 11.6 Å². The van der Waals surface area contributed by atoms with Crippen molar-refractivity contribution in [2.24, 2.45) is 0 Å². The number of benzene rings is 2. The summed E-state index contributed by atoms with van der Waals surface area (Å²) in [6, 6.07) is 8.27. The summed E-state index contributed by atoms with van der Waals surface area (Å²) < 4.78 is 34.8. The average Bonchev–Trinajstić information content (AvgIpc) is 2.78. The molecule has 1 amide bonds. The molecule has 0 spiro atoms. The lowest BCUT2D eigenvalue weighted by molar-refractivity contribution is 0.0240. The summed E-state index contributed by atoms with van der Waals surface area (Å²) >= 11 is 1.33. The van der Waals surface area contributed by atoms with Crippen molar-refractivity contribution < 1.29 is 18.3 Å². The fourth-order valence-electron chi connectivity index (χ4n) is 4.18. The van der Waals surface area contributed by atoms with Crippen LogP contribution in [-0.2, 0) is 4.74 Å². The molecule has 1 aliphatic heterocycles. The van der Waals surface area contributed by atoms with Crippen molar-refractivity contribution >= 4 is 54.3 Å². The number of rotatable bonds is 1. The minimum absolute atomic E-state index is 0.259. The maximum atomic E-state index is 14.1. The lowest BCUT2D eigenvalue weighted by Gasteiger charge is -2.36. The molecule has 0 unspecified atom stereocenters. The maximum Gasteiger partial charge on any atom is 0.410 e. The largest absolute Gasteiger partial charge is 0.444 e. The zero-order valence-corrected chi connectivity index (χ0v) is 19.8. The summed E-state index contributed by atoms with van der Waals surface area (Å²) in [5.74, 6) is -0.372. The monoisotopic (exact) mass is 483 g/mol. The highest BCUT2D eigenvalue weighted by Gasteiger charge is 2.28. The van der Waals surface area contributed by atoms with E-state index < -0.39 is 17.2 Å². The van der Waals surface area contributed by atoms with Gasteiger partial charge in [-0.25, -0.2) is 18.6 Å². The molecule has 0 radical (unpaired) electrons. The number of hydrogen-bond donors (Lipinski definition) is 0. The number of hydrogen-bond acceptors (Lipinski definition) is 6. The van der Waals surface area contributed by atoms with Gasteiger partial charge >= 0.3 is 6.09 Å². The molecule has 0 aliphatic carbocycles. The van der Waals surface area contributed by atoms with Crippen LogP contribution in [0.4, 0.5) is 19.4 Å². The second kappa shape index (κ2) is 8.16. The van der Waals surface area contributed by atoms with E-state index in [1.807, 2.05) is 25.7 Å². The molecule has 34 heavy (non-hydrogen) atoms. The van der Waals surface area contributed by atoms with Gasteiger partial charge in [0.05, 0.1) is 15.6 Å². The van der Waals surface area contributed by atoms with Crippen LogP contribution in [0.25, 0.3) is 31.1 Å². The maximum absolute atomic E-state index is 14.1. The lowest BCUT2D eigenvalue weighted by atomic mass is 10.1. The van der Waals surface area contributed by atoms with Crippen LogP contribution in [0.3, 0.4) is 0 Å². The molecule has 3 heterocycles. The average molecular weight is 484 g/mol. The Kier molecular flexibility index (Phi) is 5.39. The van der Waals surface area contributed by atoms with Crippen LogP contribution in [0.2, 0.25) is 0 Å². The predicted molar refractivity (Wildman–Crippen MR) is 131 cm³/mol. The van der Waals surface area contributed by atoms with Gasteiger partial charge in [0.15, 0.2) is 5.43 Å². The molecule has 6 nitrogen and oxygen atoms in total. The minimum atomic E-state index is -0.577. The summed E-state index contributed by atoms with van der Waals surface area (Å²) in [7, 11) is 0. The minimum Gasteiger partial charge on any atom is -0.444 e. The van der Waals surface area contributed by atoms with Crippen molar-refractivity contribution in [3.63, 3.8) is 0 Å². The van der Waals surface area contributed by atoms with Crippen LogP contribution in [-0.4, -0.2) is 47.8 Å². The van der Waals surface area contributed by atoms with Gasteiger partial charge in [-0.3, -0.25) is 4.79 Å². The van der Waals surface area contributed by atoms with Crippen LogP contribution in [0.5, 0.6) is 0 Å². The smallest absolute Gasteiger partial charge is 0.410 e. The van der Waals surface area contributed by atoms with E-state index >= 15 is 0 Å². The predicted octanol–water partition coefficient (Wildman–Crippen LogP) is 5.30. The standard InChI is InChI=1S/C25H23F2N3O3S/c1-25(2,3)33-24(32)30-10-8-29(9-11-30)23-22-20(16-12-14(26)4-6-18(16)28-23)21(31)17-13-15(27)5-7-19(17)34-22/h4-7,12-13H,8-11H2,1-3H3. The summed E-state index contributed by atoms with van der Waals surface area (Å²) in [5, 5.41) is 0.991. The first-order valence-corrected chi connectivity index (χ1v) is 11.8. The first kappa shape index (κ1) is 22.5. The number of amides is 1. The van der Waals surface area contributed by atoms with Crippen molar-refractivity contribution in [1.29, 1.82) is 0 Å².